The maximum atomic E-state index is 9.20. The van der Waals surface area contributed by atoms with E-state index in [0.717, 1.165) is 15.7 Å². The molecular weight excluding hydrogens is 325 g/mol. The number of nitriles is 1. The van der Waals surface area contributed by atoms with Crippen LogP contribution in [0.4, 0.5) is 0 Å². The van der Waals surface area contributed by atoms with Crippen LogP contribution in [0.15, 0.2) is 12.1 Å². The van der Waals surface area contributed by atoms with Crippen LogP contribution in [0.25, 0.3) is 0 Å². The van der Waals surface area contributed by atoms with Crippen molar-refractivity contribution in [1.82, 2.24) is 0 Å². The van der Waals surface area contributed by atoms with Gasteiger partial charge in [-0.05, 0) is 52.1 Å². The molecule has 17 heavy (non-hydrogen) atoms. The summed E-state index contributed by atoms with van der Waals surface area (Å²) in [5.74, 6) is 0.725. The van der Waals surface area contributed by atoms with E-state index in [1.165, 1.54) is 5.56 Å². The highest BCUT2D eigenvalue weighted by atomic mass is 127. The zero-order valence-corrected chi connectivity index (χ0v) is 13.0. The van der Waals surface area contributed by atoms with Gasteiger partial charge >= 0.3 is 0 Å². The van der Waals surface area contributed by atoms with E-state index in [2.05, 4.69) is 62.4 Å². The Kier molecular flexibility index (Phi) is 4.81. The molecule has 92 valence electrons. The Balaban J connectivity index is 3.23. The van der Waals surface area contributed by atoms with E-state index in [4.69, 9.17) is 4.74 Å². The van der Waals surface area contributed by atoms with Crippen LogP contribution in [0.2, 0.25) is 0 Å². The molecule has 0 heterocycles. The minimum absolute atomic E-state index is 0.0504. The summed E-state index contributed by atoms with van der Waals surface area (Å²) in [6.45, 7) is 9.15. The van der Waals surface area contributed by atoms with E-state index in [9.17, 15) is 5.26 Å². The van der Waals surface area contributed by atoms with Crippen LogP contribution in [0.3, 0.4) is 0 Å². The smallest absolute Gasteiger partial charge is 0.150 e. The lowest BCUT2D eigenvalue weighted by Crippen LogP contribution is -2.12. The third-order valence-corrected chi connectivity index (χ3v) is 3.28. The summed E-state index contributed by atoms with van der Waals surface area (Å²) in [5, 5.41) is 9.20. The summed E-state index contributed by atoms with van der Waals surface area (Å²) in [6.07, 6.45) is 0.946. The lowest BCUT2D eigenvalue weighted by atomic mass is 9.86. The standard InChI is InChI=1S/C14H18INO/c1-5-6-17-13-10(9-16)7-11(8-12(13)15)14(2,3)4/h7-8H,5-6H2,1-4H3. The van der Waals surface area contributed by atoms with Crippen molar-refractivity contribution in [3.05, 3.63) is 26.8 Å². The van der Waals surface area contributed by atoms with Gasteiger partial charge in [0, 0.05) is 0 Å². The van der Waals surface area contributed by atoms with E-state index in [-0.39, 0.29) is 5.41 Å². The highest BCUT2D eigenvalue weighted by Gasteiger charge is 2.18. The van der Waals surface area contributed by atoms with Crippen LogP contribution in [0.5, 0.6) is 5.75 Å². The zero-order chi connectivity index (χ0) is 13.1. The van der Waals surface area contributed by atoms with Crippen molar-refractivity contribution >= 4 is 22.6 Å². The molecule has 0 spiro atoms. The van der Waals surface area contributed by atoms with Gasteiger partial charge in [-0.15, -0.1) is 0 Å². The quantitative estimate of drug-likeness (QED) is 0.769. The molecule has 1 aromatic rings. The molecule has 1 aromatic carbocycles. The topological polar surface area (TPSA) is 33.0 Å². The minimum Gasteiger partial charge on any atom is -0.491 e. The van der Waals surface area contributed by atoms with E-state index < -0.39 is 0 Å². The zero-order valence-electron chi connectivity index (χ0n) is 10.8. The van der Waals surface area contributed by atoms with E-state index in [0.29, 0.717) is 12.2 Å². The first-order chi connectivity index (χ1) is 7.90. The molecule has 0 unspecified atom stereocenters. The van der Waals surface area contributed by atoms with Crippen molar-refractivity contribution in [3.8, 4) is 11.8 Å². The average Bonchev–Trinajstić information content (AvgIpc) is 2.25. The molecule has 0 saturated heterocycles. The summed E-state index contributed by atoms with van der Waals surface area (Å²) in [4.78, 5) is 0. The van der Waals surface area contributed by atoms with E-state index in [1.807, 2.05) is 6.07 Å². The maximum Gasteiger partial charge on any atom is 0.150 e. The fraction of sp³-hybridized carbons (Fsp3) is 0.500. The monoisotopic (exact) mass is 343 g/mol. The molecule has 1 rings (SSSR count). The number of nitrogens with zero attached hydrogens (tertiary/aromatic N) is 1. The molecule has 0 N–H and O–H groups in total. The summed E-state index contributed by atoms with van der Waals surface area (Å²) in [6, 6.07) is 6.27. The molecule has 0 atom stereocenters. The highest BCUT2D eigenvalue weighted by molar-refractivity contribution is 14.1. The second kappa shape index (κ2) is 5.72. The SMILES string of the molecule is CCCOc1c(I)cc(C(C)(C)C)cc1C#N. The second-order valence-electron chi connectivity index (χ2n) is 5.05. The van der Waals surface area contributed by atoms with Crippen LogP contribution in [-0.4, -0.2) is 6.61 Å². The summed E-state index contributed by atoms with van der Waals surface area (Å²) in [7, 11) is 0. The lowest BCUT2D eigenvalue weighted by molar-refractivity contribution is 0.314. The molecule has 0 radical (unpaired) electrons. The molecule has 0 saturated carbocycles. The molecule has 0 aliphatic carbocycles. The van der Waals surface area contributed by atoms with Crippen LogP contribution in [-0.2, 0) is 5.41 Å². The van der Waals surface area contributed by atoms with Crippen LogP contribution < -0.4 is 4.74 Å². The molecule has 0 bridgehead atoms. The number of benzene rings is 1. The molecule has 0 fully saturated rings. The third-order valence-electron chi connectivity index (χ3n) is 2.48. The number of rotatable bonds is 3. The van der Waals surface area contributed by atoms with Crippen LogP contribution >= 0.6 is 22.6 Å². The molecular formula is C14H18INO. The van der Waals surface area contributed by atoms with Crippen molar-refractivity contribution in [2.24, 2.45) is 0 Å². The Morgan fingerprint density at radius 3 is 2.47 bits per heavy atom. The maximum absolute atomic E-state index is 9.20. The van der Waals surface area contributed by atoms with Crippen LogP contribution in [0.1, 0.15) is 45.2 Å². The van der Waals surface area contributed by atoms with E-state index in [1.54, 1.807) is 0 Å². The van der Waals surface area contributed by atoms with E-state index >= 15 is 0 Å². The predicted octanol–water partition coefficient (Wildman–Crippen LogP) is 4.25. The Labute approximate surface area is 117 Å². The Hall–Kier alpha value is -0.760. The molecule has 3 heteroatoms. The van der Waals surface area contributed by atoms with Gasteiger partial charge in [0.15, 0.2) is 0 Å². The Bertz CT molecular complexity index is 441. The second-order valence-corrected chi connectivity index (χ2v) is 6.21. The van der Waals surface area contributed by atoms with Gasteiger partial charge in [-0.2, -0.15) is 5.26 Å². The normalized spacial score (nSPS) is 11.1. The molecule has 0 aliphatic heterocycles. The van der Waals surface area contributed by atoms with Crippen molar-refractivity contribution in [1.29, 1.82) is 5.26 Å². The van der Waals surface area contributed by atoms with Gasteiger partial charge in [0.2, 0.25) is 0 Å². The van der Waals surface area contributed by atoms with Crippen molar-refractivity contribution in [2.75, 3.05) is 6.61 Å². The summed E-state index contributed by atoms with van der Waals surface area (Å²) in [5.41, 5.74) is 1.85. The average molecular weight is 343 g/mol. The fourth-order valence-corrected chi connectivity index (χ4v) is 2.24. The first kappa shape index (κ1) is 14.3. The molecule has 0 amide bonds. The lowest BCUT2D eigenvalue weighted by Gasteiger charge is -2.21. The number of hydrogen-bond acceptors (Lipinski definition) is 2. The van der Waals surface area contributed by atoms with Gasteiger partial charge in [0.05, 0.1) is 15.7 Å². The van der Waals surface area contributed by atoms with Crippen molar-refractivity contribution in [2.45, 2.75) is 39.5 Å². The number of ether oxygens (including phenoxy) is 1. The Morgan fingerprint density at radius 1 is 1.35 bits per heavy atom. The summed E-state index contributed by atoms with van der Waals surface area (Å²) < 4.78 is 6.66. The molecule has 0 aromatic heterocycles. The van der Waals surface area contributed by atoms with Gasteiger partial charge < -0.3 is 4.74 Å². The minimum atomic E-state index is 0.0504. The van der Waals surface area contributed by atoms with Crippen LogP contribution in [0, 0.1) is 14.9 Å². The molecule has 2 nitrogen and oxygen atoms in total. The summed E-state index contributed by atoms with van der Waals surface area (Å²) >= 11 is 2.24. The molecule has 0 aliphatic rings. The number of hydrogen-bond donors (Lipinski definition) is 0. The highest BCUT2D eigenvalue weighted by Crippen LogP contribution is 2.32. The van der Waals surface area contributed by atoms with Gasteiger partial charge in [-0.1, -0.05) is 27.7 Å². The fourth-order valence-electron chi connectivity index (χ4n) is 1.46. The number of halogens is 1. The van der Waals surface area contributed by atoms with Gasteiger partial charge in [0.1, 0.15) is 11.8 Å². The third kappa shape index (κ3) is 3.60. The largest absolute Gasteiger partial charge is 0.491 e. The van der Waals surface area contributed by atoms with Gasteiger partial charge in [0.25, 0.3) is 0 Å². The first-order valence-electron chi connectivity index (χ1n) is 5.77. The van der Waals surface area contributed by atoms with Crippen molar-refractivity contribution < 1.29 is 4.74 Å². The first-order valence-corrected chi connectivity index (χ1v) is 6.85. The van der Waals surface area contributed by atoms with Gasteiger partial charge in [-0.3, -0.25) is 0 Å². The van der Waals surface area contributed by atoms with Gasteiger partial charge in [-0.25, -0.2) is 0 Å². The predicted molar refractivity (Wildman–Crippen MR) is 78.4 cm³/mol. The Morgan fingerprint density at radius 2 is 2.00 bits per heavy atom. The van der Waals surface area contributed by atoms with Crippen molar-refractivity contribution in [3.63, 3.8) is 0 Å².